The zero-order valence-electron chi connectivity index (χ0n) is 17.8. The van der Waals surface area contributed by atoms with Crippen LogP contribution in [-0.2, 0) is 14.4 Å². The second-order valence-corrected chi connectivity index (χ2v) is 6.84. The Balaban J connectivity index is 1.93. The number of nitrogens with two attached hydrogens (primary N) is 1. The van der Waals surface area contributed by atoms with Crippen LogP contribution in [-0.4, -0.2) is 53.2 Å². The predicted octanol–water partition coefficient (Wildman–Crippen LogP) is 2.90. The van der Waals surface area contributed by atoms with Crippen molar-refractivity contribution in [2.75, 3.05) is 20.3 Å². The summed E-state index contributed by atoms with van der Waals surface area (Å²) in [4.78, 5) is 34.5. The number of methoxy groups -OCH3 is 1. The first kappa shape index (κ1) is 22.1. The summed E-state index contributed by atoms with van der Waals surface area (Å²) in [5.41, 5.74) is 9.44. The Labute approximate surface area is 180 Å². The number of rotatable bonds is 7. The smallest absolute Gasteiger partial charge is 0.358 e. The molecule has 162 valence electrons. The van der Waals surface area contributed by atoms with E-state index in [1.54, 1.807) is 18.2 Å². The Morgan fingerprint density at radius 3 is 2.61 bits per heavy atom. The molecular weight excluding hydrogens is 398 g/mol. The number of amidine groups is 1. The average Bonchev–Trinajstić information content (AvgIpc) is 2.95. The summed E-state index contributed by atoms with van der Waals surface area (Å²) >= 11 is 0. The van der Waals surface area contributed by atoms with Gasteiger partial charge in [0.2, 0.25) is 0 Å². The molecule has 1 aliphatic heterocycles. The number of esters is 1. The van der Waals surface area contributed by atoms with Gasteiger partial charge < -0.3 is 10.5 Å². The van der Waals surface area contributed by atoms with E-state index in [-0.39, 0.29) is 18.0 Å². The molecule has 0 saturated heterocycles. The van der Waals surface area contributed by atoms with Gasteiger partial charge in [-0.3, -0.25) is 9.63 Å². The number of aliphatic imine (C=N–C) groups is 1. The van der Waals surface area contributed by atoms with Gasteiger partial charge in [0.25, 0.3) is 5.91 Å². The molecule has 0 unspecified atom stereocenters. The third-order valence-corrected chi connectivity index (χ3v) is 4.56. The molecular formula is C22H25N5O4. The maximum absolute atomic E-state index is 13.0. The number of fused-ring (bicyclic) bond motifs is 1. The summed E-state index contributed by atoms with van der Waals surface area (Å²) in [5, 5.41) is 9.37. The molecule has 31 heavy (non-hydrogen) atoms. The van der Waals surface area contributed by atoms with Crippen LogP contribution < -0.4 is 5.73 Å². The Morgan fingerprint density at radius 1 is 1.16 bits per heavy atom. The van der Waals surface area contributed by atoms with E-state index in [9.17, 15) is 9.59 Å². The van der Waals surface area contributed by atoms with Crippen molar-refractivity contribution >= 4 is 29.5 Å². The van der Waals surface area contributed by atoms with Crippen molar-refractivity contribution in [3.05, 3.63) is 47.2 Å². The first-order chi connectivity index (χ1) is 15.0. The molecule has 0 bridgehead atoms. The second kappa shape index (κ2) is 9.94. The Morgan fingerprint density at radius 2 is 1.97 bits per heavy atom. The van der Waals surface area contributed by atoms with Gasteiger partial charge in [-0.05, 0) is 37.6 Å². The van der Waals surface area contributed by atoms with Crippen molar-refractivity contribution in [3.8, 4) is 11.3 Å². The number of aromatic nitrogens is 2. The van der Waals surface area contributed by atoms with Crippen molar-refractivity contribution in [1.29, 1.82) is 0 Å². The van der Waals surface area contributed by atoms with Crippen LogP contribution in [0.15, 0.2) is 40.9 Å². The summed E-state index contributed by atoms with van der Waals surface area (Å²) in [6.45, 7) is 4.71. The minimum atomic E-state index is -0.551. The molecule has 0 saturated carbocycles. The monoisotopic (exact) mass is 423 g/mol. The Bertz CT molecular complexity index is 1020. The van der Waals surface area contributed by atoms with E-state index >= 15 is 0 Å². The zero-order chi connectivity index (χ0) is 22.4. The quantitative estimate of drug-likeness (QED) is 0.537. The first-order valence-corrected chi connectivity index (χ1v) is 10.0. The number of hydrogen-bond donors (Lipinski definition) is 1. The molecule has 9 nitrogen and oxygen atoms in total. The van der Waals surface area contributed by atoms with Crippen LogP contribution in [0, 0.1) is 0 Å². The molecule has 0 fully saturated rings. The van der Waals surface area contributed by atoms with Crippen molar-refractivity contribution in [3.63, 3.8) is 0 Å². The summed E-state index contributed by atoms with van der Waals surface area (Å²) in [6, 6.07) is 8.74. The lowest BCUT2D eigenvalue weighted by atomic mass is 10.0. The summed E-state index contributed by atoms with van der Waals surface area (Å²) in [5.74, 6) is -0.441. The van der Waals surface area contributed by atoms with E-state index < -0.39 is 5.97 Å². The van der Waals surface area contributed by atoms with Gasteiger partial charge in [-0.1, -0.05) is 19.1 Å². The van der Waals surface area contributed by atoms with Gasteiger partial charge in [0.15, 0.2) is 5.69 Å². The second-order valence-electron chi connectivity index (χ2n) is 6.84. The Hall–Kier alpha value is -3.59. The zero-order valence-corrected chi connectivity index (χ0v) is 17.8. The molecule has 0 radical (unpaired) electrons. The number of carbonyl (C=O) groups excluding carboxylic acids is 2. The minimum absolute atomic E-state index is 0.125. The highest BCUT2D eigenvalue weighted by molar-refractivity contribution is 6.05. The van der Waals surface area contributed by atoms with E-state index in [4.69, 9.17) is 10.6 Å². The predicted molar refractivity (Wildman–Crippen MR) is 116 cm³/mol. The van der Waals surface area contributed by atoms with Crippen molar-refractivity contribution in [2.45, 2.75) is 26.7 Å². The normalized spacial score (nSPS) is 12.9. The van der Waals surface area contributed by atoms with Crippen molar-refractivity contribution in [1.82, 2.24) is 15.3 Å². The Kier molecular flexibility index (Phi) is 7.09. The van der Waals surface area contributed by atoms with Crippen LogP contribution >= 0.6 is 0 Å². The van der Waals surface area contributed by atoms with Gasteiger partial charge in [-0.15, -0.1) is 10.2 Å². The standard InChI is InChI=1S/C22H25N5O4/c1-4-10-27(31-5-2)21(28)16-11-14-6-7-15(12-19(14)24-20(23)13-16)17-8-9-18(26-25-17)22(29)30-3/h6-9,11-12H,4-5,10,13H2,1-3H3,(H2,23,24). The third kappa shape index (κ3) is 5.13. The van der Waals surface area contributed by atoms with Crippen LogP contribution in [0.5, 0.6) is 0 Å². The topological polar surface area (TPSA) is 120 Å². The van der Waals surface area contributed by atoms with Gasteiger partial charge >= 0.3 is 5.97 Å². The number of hydroxylamine groups is 2. The molecule has 0 spiro atoms. The van der Waals surface area contributed by atoms with Crippen LogP contribution in [0.1, 0.15) is 42.7 Å². The van der Waals surface area contributed by atoms with Gasteiger partial charge in [-0.25, -0.2) is 14.9 Å². The summed E-state index contributed by atoms with van der Waals surface area (Å²) < 4.78 is 4.64. The molecule has 9 heteroatoms. The molecule has 1 aromatic heterocycles. The number of carbonyl (C=O) groups is 2. The molecule has 1 aliphatic rings. The van der Waals surface area contributed by atoms with Gasteiger partial charge in [0.1, 0.15) is 5.84 Å². The van der Waals surface area contributed by atoms with Crippen molar-refractivity contribution in [2.24, 2.45) is 10.7 Å². The highest BCUT2D eigenvalue weighted by atomic mass is 16.7. The first-order valence-electron chi connectivity index (χ1n) is 10.0. The van der Waals surface area contributed by atoms with Crippen LogP contribution in [0.3, 0.4) is 0 Å². The van der Waals surface area contributed by atoms with Crippen LogP contribution in [0.25, 0.3) is 17.3 Å². The third-order valence-electron chi connectivity index (χ3n) is 4.56. The van der Waals surface area contributed by atoms with E-state index in [2.05, 4.69) is 19.9 Å². The van der Waals surface area contributed by atoms with Crippen LogP contribution in [0.2, 0.25) is 0 Å². The fraction of sp³-hybridized carbons (Fsp3) is 0.318. The molecule has 3 rings (SSSR count). The van der Waals surface area contributed by atoms with E-state index in [0.717, 1.165) is 17.5 Å². The van der Waals surface area contributed by atoms with Crippen LogP contribution in [0.4, 0.5) is 5.69 Å². The lowest BCUT2D eigenvalue weighted by molar-refractivity contribution is -0.180. The number of benzene rings is 1. The fourth-order valence-corrected chi connectivity index (χ4v) is 3.13. The molecule has 2 heterocycles. The molecule has 0 aliphatic carbocycles. The highest BCUT2D eigenvalue weighted by Gasteiger charge is 2.22. The number of ether oxygens (including phenoxy) is 1. The van der Waals surface area contributed by atoms with Gasteiger partial charge in [0.05, 0.1) is 25.1 Å². The molecule has 1 amide bonds. The molecule has 1 aromatic carbocycles. The minimum Gasteiger partial charge on any atom is -0.464 e. The molecule has 0 atom stereocenters. The number of amides is 1. The van der Waals surface area contributed by atoms with E-state index in [0.29, 0.717) is 35.9 Å². The summed E-state index contributed by atoms with van der Waals surface area (Å²) in [7, 11) is 1.29. The van der Waals surface area contributed by atoms with Gasteiger partial charge in [0, 0.05) is 29.7 Å². The lowest BCUT2D eigenvalue weighted by Gasteiger charge is -2.21. The van der Waals surface area contributed by atoms with E-state index in [1.807, 2.05) is 32.0 Å². The maximum atomic E-state index is 13.0. The SMILES string of the molecule is CCCN(OCC)C(=O)C1=Cc2ccc(-c3ccc(C(=O)OC)nn3)cc2N=C(N)C1. The highest BCUT2D eigenvalue weighted by Crippen LogP contribution is 2.31. The van der Waals surface area contributed by atoms with Gasteiger partial charge in [-0.2, -0.15) is 0 Å². The average molecular weight is 423 g/mol. The molecule has 2 aromatic rings. The maximum Gasteiger partial charge on any atom is 0.358 e. The van der Waals surface area contributed by atoms with Crippen molar-refractivity contribution < 1.29 is 19.2 Å². The fourth-order valence-electron chi connectivity index (χ4n) is 3.13. The largest absolute Gasteiger partial charge is 0.464 e. The number of hydrogen-bond acceptors (Lipinski definition) is 8. The number of nitrogens with zero attached hydrogens (tertiary/aromatic N) is 4. The molecule has 2 N–H and O–H groups in total. The summed E-state index contributed by atoms with van der Waals surface area (Å²) in [6.07, 6.45) is 2.79. The van der Waals surface area contributed by atoms with E-state index in [1.165, 1.54) is 12.2 Å². The lowest BCUT2D eigenvalue weighted by Crippen LogP contribution is -2.34.